The van der Waals surface area contributed by atoms with Crippen LogP contribution in [0.1, 0.15) is 37.5 Å². The molecule has 0 amide bonds. The van der Waals surface area contributed by atoms with Crippen LogP contribution < -0.4 is 5.32 Å². The molecule has 5 heteroatoms. The number of ether oxygens (including phenoxy) is 1. The molecule has 0 bridgehead atoms. The molecule has 1 N–H and O–H groups in total. The molecule has 0 aliphatic heterocycles. The monoisotopic (exact) mass is 364 g/mol. The maximum Gasteiger partial charge on any atom is 0.0983 e. The lowest BCUT2D eigenvalue weighted by atomic mass is 10.1. The van der Waals surface area contributed by atoms with Crippen molar-refractivity contribution in [3.63, 3.8) is 0 Å². The third-order valence-electron chi connectivity index (χ3n) is 4.15. The van der Waals surface area contributed by atoms with Crippen molar-refractivity contribution in [3.8, 4) is 11.3 Å². The standard InChI is InChI=1S/C22H28N4O/c1-22(2,3)27-16-18-8-5-7-17(11-18)12-24-14-20-15-26(4)25-21(20)19-9-6-10-23-13-19/h5-11,13,15,24H,12,14,16H2,1-4H3. The Morgan fingerprint density at radius 3 is 2.63 bits per heavy atom. The molecule has 0 spiro atoms. The molecule has 0 aliphatic rings. The van der Waals surface area contributed by atoms with Crippen LogP contribution in [0.25, 0.3) is 11.3 Å². The Hall–Kier alpha value is -2.50. The number of hydrogen-bond acceptors (Lipinski definition) is 4. The Bertz CT molecular complexity index is 866. The van der Waals surface area contributed by atoms with Crippen molar-refractivity contribution in [3.05, 3.63) is 71.7 Å². The molecular weight excluding hydrogens is 336 g/mol. The van der Waals surface area contributed by atoms with E-state index in [1.54, 1.807) is 6.20 Å². The van der Waals surface area contributed by atoms with Gasteiger partial charge < -0.3 is 10.1 Å². The van der Waals surface area contributed by atoms with Gasteiger partial charge in [-0.05, 0) is 44.0 Å². The van der Waals surface area contributed by atoms with Crippen molar-refractivity contribution in [2.45, 2.75) is 46.1 Å². The summed E-state index contributed by atoms with van der Waals surface area (Å²) in [5.74, 6) is 0. The highest BCUT2D eigenvalue weighted by Gasteiger charge is 2.11. The van der Waals surface area contributed by atoms with Crippen LogP contribution in [-0.2, 0) is 31.5 Å². The van der Waals surface area contributed by atoms with Gasteiger partial charge in [0.15, 0.2) is 0 Å². The van der Waals surface area contributed by atoms with Crippen LogP contribution in [0.3, 0.4) is 0 Å². The minimum absolute atomic E-state index is 0.128. The molecule has 27 heavy (non-hydrogen) atoms. The van der Waals surface area contributed by atoms with Gasteiger partial charge in [-0.25, -0.2) is 0 Å². The third-order valence-corrected chi connectivity index (χ3v) is 4.15. The van der Waals surface area contributed by atoms with Crippen molar-refractivity contribution < 1.29 is 4.74 Å². The fourth-order valence-corrected chi connectivity index (χ4v) is 2.88. The molecule has 0 saturated heterocycles. The van der Waals surface area contributed by atoms with Crippen molar-refractivity contribution in [1.29, 1.82) is 0 Å². The van der Waals surface area contributed by atoms with E-state index < -0.39 is 0 Å². The largest absolute Gasteiger partial charge is 0.371 e. The predicted octanol–water partition coefficient (Wildman–Crippen LogP) is 4.09. The molecule has 3 rings (SSSR count). The van der Waals surface area contributed by atoms with E-state index in [4.69, 9.17) is 4.74 Å². The van der Waals surface area contributed by atoms with Gasteiger partial charge in [-0.15, -0.1) is 0 Å². The summed E-state index contributed by atoms with van der Waals surface area (Å²) in [6.07, 6.45) is 5.69. The van der Waals surface area contributed by atoms with Crippen molar-refractivity contribution in [1.82, 2.24) is 20.1 Å². The van der Waals surface area contributed by atoms with Crippen molar-refractivity contribution >= 4 is 0 Å². The molecule has 3 aromatic rings. The highest BCUT2D eigenvalue weighted by molar-refractivity contribution is 5.61. The van der Waals surface area contributed by atoms with Gasteiger partial charge in [-0.2, -0.15) is 5.10 Å². The summed E-state index contributed by atoms with van der Waals surface area (Å²) in [7, 11) is 1.95. The molecule has 2 aromatic heterocycles. The SMILES string of the molecule is Cn1cc(CNCc2cccc(COC(C)(C)C)c2)c(-c2cccnc2)n1. The summed E-state index contributed by atoms with van der Waals surface area (Å²) in [6.45, 7) is 8.40. The zero-order valence-corrected chi connectivity index (χ0v) is 16.6. The second-order valence-electron chi connectivity index (χ2n) is 7.74. The first-order valence-corrected chi connectivity index (χ1v) is 9.26. The van der Waals surface area contributed by atoms with Gasteiger partial charge in [0.1, 0.15) is 0 Å². The molecule has 142 valence electrons. The van der Waals surface area contributed by atoms with Gasteiger partial charge in [-0.3, -0.25) is 9.67 Å². The number of benzene rings is 1. The van der Waals surface area contributed by atoms with E-state index in [9.17, 15) is 0 Å². The Balaban J connectivity index is 1.61. The molecule has 0 unspecified atom stereocenters. The van der Waals surface area contributed by atoms with Gasteiger partial charge in [0, 0.05) is 49.9 Å². The Labute approximate surface area is 161 Å². The maximum absolute atomic E-state index is 5.87. The summed E-state index contributed by atoms with van der Waals surface area (Å²) in [6, 6.07) is 12.5. The summed E-state index contributed by atoms with van der Waals surface area (Å²) in [5, 5.41) is 8.11. The molecule has 5 nitrogen and oxygen atoms in total. The molecule has 0 aliphatic carbocycles. The van der Waals surface area contributed by atoms with E-state index in [0.29, 0.717) is 6.61 Å². The van der Waals surface area contributed by atoms with E-state index in [1.165, 1.54) is 11.1 Å². The van der Waals surface area contributed by atoms with Crippen LogP contribution in [-0.4, -0.2) is 20.4 Å². The fourth-order valence-electron chi connectivity index (χ4n) is 2.88. The summed E-state index contributed by atoms with van der Waals surface area (Å²) < 4.78 is 7.73. The Morgan fingerprint density at radius 2 is 1.89 bits per heavy atom. The number of nitrogens with one attached hydrogen (secondary N) is 1. The topological polar surface area (TPSA) is 52.0 Å². The lowest BCUT2D eigenvalue weighted by molar-refractivity contribution is -0.0149. The highest BCUT2D eigenvalue weighted by Crippen LogP contribution is 2.21. The second-order valence-corrected chi connectivity index (χ2v) is 7.74. The highest BCUT2D eigenvalue weighted by atomic mass is 16.5. The van der Waals surface area contributed by atoms with Crippen LogP contribution in [0.2, 0.25) is 0 Å². The van der Waals surface area contributed by atoms with Gasteiger partial charge >= 0.3 is 0 Å². The maximum atomic E-state index is 5.87. The number of hydrogen-bond donors (Lipinski definition) is 1. The first-order valence-electron chi connectivity index (χ1n) is 9.26. The first-order chi connectivity index (χ1) is 12.9. The van der Waals surface area contributed by atoms with E-state index in [1.807, 2.05) is 30.1 Å². The molecule has 0 radical (unpaired) electrons. The zero-order valence-electron chi connectivity index (χ0n) is 16.6. The van der Waals surface area contributed by atoms with Crippen molar-refractivity contribution in [2.75, 3.05) is 0 Å². The first kappa shape index (κ1) is 19.3. The van der Waals surface area contributed by atoms with E-state index in [-0.39, 0.29) is 5.60 Å². The fraction of sp³-hybridized carbons (Fsp3) is 0.364. The van der Waals surface area contributed by atoms with E-state index >= 15 is 0 Å². The quantitative estimate of drug-likeness (QED) is 0.686. The number of rotatable bonds is 7. The summed E-state index contributed by atoms with van der Waals surface area (Å²) >= 11 is 0. The number of nitrogens with zero attached hydrogens (tertiary/aromatic N) is 3. The minimum Gasteiger partial charge on any atom is -0.371 e. The Kier molecular flexibility index (Phi) is 6.04. The van der Waals surface area contributed by atoms with Crippen LogP contribution in [0.5, 0.6) is 0 Å². The molecule has 2 heterocycles. The van der Waals surface area contributed by atoms with E-state index in [0.717, 1.165) is 29.9 Å². The summed E-state index contributed by atoms with van der Waals surface area (Å²) in [4.78, 5) is 4.20. The van der Waals surface area contributed by atoms with Gasteiger partial charge in [0.25, 0.3) is 0 Å². The number of aromatic nitrogens is 3. The Morgan fingerprint density at radius 1 is 1.07 bits per heavy atom. The number of aryl methyl sites for hydroxylation is 1. The van der Waals surface area contributed by atoms with Crippen LogP contribution in [0.15, 0.2) is 55.0 Å². The van der Waals surface area contributed by atoms with Crippen LogP contribution in [0, 0.1) is 0 Å². The normalized spacial score (nSPS) is 11.7. The van der Waals surface area contributed by atoms with Gasteiger partial charge in [0.05, 0.1) is 17.9 Å². The van der Waals surface area contributed by atoms with Crippen LogP contribution >= 0.6 is 0 Å². The van der Waals surface area contributed by atoms with Gasteiger partial charge in [0.2, 0.25) is 0 Å². The number of pyridine rings is 1. The molecule has 1 aromatic carbocycles. The average Bonchev–Trinajstić information content (AvgIpc) is 3.01. The molecule has 0 atom stereocenters. The molecule has 0 saturated carbocycles. The lowest BCUT2D eigenvalue weighted by Crippen LogP contribution is -2.18. The predicted molar refractivity (Wildman–Crippen MR) is 108 cm³/mol. The summed E-state index contributed by atoms with van der Waals surface area (Å²) in [5.41, 5.74) is 5.50. The third kappa shape index (κ3) is 5.74. The molecular formula is C22H28N4O. The van der Waals surface area contributed by atoms with E-state index in [2.05, 4.69) is 66.6 Å². The second kappa shape index (κ2) is 8.46. The minimum atomic E-state index is -0.128. The lowest BCUT2D eigenvalue weighted by Gasteiger charge is -2.19. The zero-order chi connectivity index (χ0) is 19.3. The average molecular weight is 364 g/mol. The smallest absolute Gasteiger partial charge is 0.0983 e. The van der Waals surface area contributed by atoms with Gasteiger partial charge in [-0.1, -0.05) is 24.3 Å². The van der Waals surface area contributed by atoms with Crippen molar-refractivity contribution in [2.24, 2.45) is 7.05 Å². The molecule has 0 fully saturated rings. The van der Waals surface area contributed by atoms with Crippen LogP contribution in [0.4, 0.5) is 0 Å².